The molecule has 0 aromatic heterocycles. The molecule has 3 nitrogen and oxygen atoms in total. The van der Waals surface area contributed by atoms with Crippen molar-refractivity contribution in [3.05, 3.63) is 35.4 Å². The third kappa shape index (κ3) is 8.31. The van der Waals surface area contributed by atoms with E-state index in [0.29, 0.717) is 18.5 Å². The molecule has 0 unspecified atom stereocenters. The second-order valence-corrected chi connectivity index (χ2v) is 5.65. The molecule has 0 aliphatic rings. The third-order valence-corrected chi connectivity index (χ3v) is 2.64. The molecule has 110 valence electrons. The van der Waals surface area contributed by atoms with Crippen molar-refractivity contribution >= 4 is 5.91 Å². The summed E-state index contributed by atoms with van der Waals surface area (Å²) in [4.78, 5) is 11.7. The van der Waals surface area contributed by atoms with E-state index >= 15 is 0 Å². The van der Waals surface area contributed by atoms with E-state index in [9.17, 15) is 4.79 Å². The van der Waals surface area contributed by atoms with Gasteiger partial charge in [-0.05, 0) is 29.5 Å². The van der Waals surface area contributed by atoms with E-state index in [1.165, 1.54) is 0 Å². The van der Waals surface area contributed by atoms with E-state index in [-0.39, 0.29) is 11.3 Å². The van der Waals surface area contributed by atoms with Crippen molar-refractivity contribution < 1.29 is 4.79 Å². The normalized spacial score (nSPS) is 10.0. The van der Waals surface area contributed by atoms with E-state index in [2.05, 4.69) is 32.2 Å². The average Bonchev–Trinajstić information content (AvgIpc) is 2.40. The highest BCUT2D eigenvalue weighted by molar-refractivity contribution is 5.78. The van der Waals surface area contributed by atoms with Crippen molar-refractivity contribution in [2.24, 2.45) is 5.41 Å². The number of benzene rings is 1. The fourth-order valence-electron chi connectivity index (χ4n) is 1.52. The van der Waals surface area contributed by atoms with Gasteiger partial charge in [0.15, 0.2) is 0 Å². The van der Waals surface area contributed by atoms with Gasteiger partial charge >= 0.3 is 0 Å². The summed E-state index contributed by atoms with van der Waals surface area (Å²) >= 11 is 0. The lowest BCUT2D eigenvalue weighted by molar-refractivity contribution is -0.120. The van der Waals surface area contributed by atoms with Gasteiger partial charge in [0.25, 0.3) is 0 Å². The Morgan fingerprint density at radius 2 is 1.75 bits per heavy atom. The van der Waals surface area contributed by atoms with Crippen molar-refractivity contribution in [2.45, 2.75) is 47.5 Å². The zero-order valence-corrected chi connectivity index (χ0v) is 13.3. The molecule has 0 atom stereocenters. The van der Waals surface area contributed by atoms with Crippen LogP contribution in [0.3, 0.4) is 0 Å². The van der Waals surface area contributed by atoms with E-state index in [4.69, 9.17) is 5.26 Å². The molecule has 1 amide bonds. The molecule has 0 fully saturated rings. The molecule has 1 aromatic rings. The molecule has 0 saturated carbocycles. The number of nitriles is 1. The number of carbonyl (C=O) groups excluding carboxylic acids is 1. The zero-order chi connectivity index (χ0) is 15.6. The maximum absolute atomic E-state index is 11.7. The highest BCUT2D eigenvalue weighted by atomic mass is 16.1. The van der Waals surface area contributed by atoms with Gasteiger partial charge in [0.1, 0.15) is 0 Å². The summed E-state index contributed by atoms with van der Waals surface area (Å²) in [5, 5.41) is 11.6. The van der Waals surface area contributed by atoms with Crippen molar-refractivity contribution in [3.8, 4) is 6.07 Å². The van der Waals surface area contributed by atoms with Crippen LogP contribution in [0.15, 0.2) is 24.3 Å². The third-order valence-electron chi connectivity index (χ3n) is 2.64. The topological polar surface area (TPSA) is 52.9 Å². The SMILES string of the molecule is CC.CC(C)(C)CCNC(=O)Cc1ccc(C#N)cc1. The Labute approximate surface area is 123 Å². The first kappa shape index (κ1) is 18.2. The fraction of sp³-hybridized carbons (Fsp3) is 0.529. The maximum Gasteiger partial charge on any atom is 0.224 e. The molecule has 0 bridgehead atoms. The van der Waals surface area contributed by atoms with E-state index in [1.807, 2.05) is 26.0 Å². The number of rotatable bonds is 4. The second kappa shape index (κ2) is 9.14. The van der Waals surface area contributed by atoms with Crippen LogP contribution in [0.5, 0.6) is 0 Å². The van der Waals surface area contributed by atoms with Gasteiger partial charge in [0, 0.05) is 6.54 Å². The summed E-state index contributed by atoms with van der Waals surface area (Å²) < 4.78 is 0. The van der Waals surface area contributed by atoms with Crippen molar-refractivity contribution in [1.82, 2.24) is 5.32 Å². The lowest BCUT2D eigenvalue weighted by atomic mass is 9.92. The summed E-state index contributed by atoms with van der Waals surface area (Å²) in [6.45, 7) is 11.2. The predicted octanol–water partition coefficient (Wildman–Crippen LogP) is 3.68. The fourth-order valence-corrected chi connectivity index (χ4v) is 1.52. The van der Waals surface area contributed by atoms with Crippen LogP contribution >= 0.6 is 0 Å². The molecule has 0 aliphatic heterocycles. The van der Waals surface area contributed by atoms with E-state index in [0.717, 1.165) is 12.0 Å². The standard InChI is InChI=1S/C15H20N2O.C2H6/c1-15(2,3)8-9-17-14(18)10-12-4-6-13(11-16)7-5-12;1-2/h4-7H,8-10H2,1-3H3,(H,17,18);1-2H3. The monoisotopic (exact) mass is 274 g/mol. The van der Waals surface area contributed by atoms with Crippen LogP contribution in [0.4, 0.5) is 0 Å². The Balaban J connectivity index is 0.00000172. The first-order valence-electron chi connectivity index (χ1n) is 7.16. The minimum absolute atomic E-state index is 0.0314. The smallest absolute Gasteiger partial charge is 0.224 e. The van der Waals surface area contributed by atoms with Gasteiger partial charge in [-0.2, -0.15) is 5.26 Å². The molecule has 20 heavy (non-hydrogen) atoms. The van der Waals surface area contributed by atoms with Crippen LogP contribution in [-0.2, 0) is 11.2 Å². The summed E-state index contributed by atoms with van der Waals surface area (Å²) in [7, 11) is 0. The minimum Gasteiger partial charge on any atom is -0.356 e. The Bertz CT molecular complexity index is 436. The van der Waals surface area contributed by atoms with E-state index in [1.54, 1.807) is 12.1 Å². The maximum atomic E-state index is 11.7. The average molecular weight is 274 g/mol. The Morgan fingerprint density at radius 3 is 2.20 bits per heavy atom. The highest BCUT2D eigenvalue weighted by Crippen LogP contribution is 2.16. The van der Waals surface area contributed by atoms with Gasteiger partial charge in [-0.1, -0.05) is 46.8 Å². The lowest BCUT2D eigenvalue weighted by Crippen LogP contribution is -2.28. The van der Waals surface area contributed by atoms with Crippen LogP contribution < -0.4 is 5.32 Å². The number of hydrogen-bond donors (Lipinski definition) is 1. The molecular weight excluding hydrogens is 248 g/mol. The summed E-state index contributed by atoms with van der Waals surface area (Å²) in [6, 6.07) is 9.17. The molecule has 0 saturated heterocycles. The lowest BCUT2D eigenvalue weighted by Gasteiger charge is -2.18. The summed E-state index contributed by atoms with van der Waals surface area (Å²) in [5.74, 6) is 0.0314. The molecule has 0 heterocycles. The molecule has 1 N–H and O–H groups in total. The van der Waals surface area contributed by atoms with E-state index < -0.39 is 0 Å². The number of hydrogen-bond acceptors (Lipinski definition) is 2. The first-order valence-corrected chi connectivity index (χ1v) is 7.16. The minimum atomic E-state index is 0.0314. The number of nitrogens with one attached hydrogen (secondary N) is 1. The van der Waals surface area contributed by atoms with Gasteiger partial charge in [-0.25, -0.2) is 0 Å². The molecule has 3 heteroatoms. The summed E-state index contributed by atoms with van der Waals surface area (Å²) in [5.41, 5.74) is 1.79. The van der Waals surface area contributed by atoms with Crippen molar-refractivity contribution in [1.29, 1.82) is 5.26 Å². The van der Waals surface area contributed by atoms with Gasteiger partial charge in [0.05, 0.1) is 18.1 Å². The Kier molecular flexibility index (Phi) is 8.31. The van der Waals surface area contributed by atoms with Crippen LogP contribution in [-0.4, -0.2) is 12.5 Å². The van der Waals surface area contributed by atoms with Crippen molar-refractivity contribution in [2.75, 3.05) is 6.54 Å². The molecule has 0 radical (unpaired) electrons. The Hall–Kier alpha value is -1.82. The van der Waals surface area contributed by atoms with Gasteiger partial charge in [0.2, 0.25) is 5.91 Å². The van der Waals surface area contributed by atoms with Crippen LogP contribution in [0.25, 0.3) is 0 Å². The highest BCUT2D eigenvalue weighted by Gasteiger charge is 2.10. The number of carbonyl (C=O) groups is 1. The number of nitrogens with zero attached hydrogens (tertiary/aromatic N) is 1. The predicted molar refractivity (Wildman–Crippen MR) is 83.3 cm³/mol. The summed E-state index contributed by atoms with van der Waals surface area (Å²) in [6.07, 6.45) is 1.34. The molecule has 0 spiro atoms. The van der Waals surface area contributed by atoms with Gasteiger partial charge in [-0.15, -0.1) is 0 Å². The molecule has 1 aromatic carbocycles. The first-order chi connectivity index (χ1) is 9.40. The zero-order valence-electron chi connectivity index (χ0n) is 13.3. The van der Waals surface area contributed by atoms with Crippen molar-refractivity contribution in [3.63, 3.8) is 0 Å². The largest absolute Gasteiger partial charge is 0.356 e. The molecular formula is C17H26N2O. The van der Waals surface area contributed by atoms with Crippen LogP contribution in [0.2, 0.25) is 0 Å². The molecule has 1 rings (SSSR count). The quantitative estimate of drug-likeness (QED) is 0.910. The Morgan fingerprint density at radius 1 is 1.20 bits per heavy atom. The second-order valence-electron chi connectivity index (χ2n) is 5.65. The number of amides is 1. The van der Waals surface area contributed by atoms with Crippen LogP contribution in [0.1, 0.15) is 52.2 Å². The van der Waals surface area contributed by atoms with Gasteiger partial charge < -0.3 is 5.32 Å². The van der Waals surface area contributed by atoms with Gasteiger partial charge in [-0.3, -0.25) is 4.79 Å². The van der Waals surface area contributed by atoms with Crippen LogP contribution in [0, 0.1) is 16.7 Å². The molecule has 0 aliphatic carbocycles.